The zero-order valence-corrected chi connectivity index (χ0v) is 12.8. The number of carbonyl (C=O) groups excluding carboxylic acids is 1. The van der Waals surface area contributed by atoms with Crippen molar-refractivity contribution in [2.45, 2.75) is 26.7 Å². The minimum Gasteiger partial charge on any atom is -0.438 e. The van der Waals surface area contributed by atoms with Crippen LogP contribution in [0.3, 0.4) is 0 Å². The number of aromatic nitrogens is 3. The van der Waals surface area contributed by atoms with E-state index in [0.29, 0.717) is 18.8 Å². The molecule has 3 heterocycles. The number of hydrogen-bond acceptors (Lipinski definition) is 4. The lowest BCUT2D eigenvalue weighted by Gasteiger charge is -2.24. The van der Waals surface area contributed by atoms with E-state index in [1.165, 1.54) is 5.56 Å². The number of hydrogen-bond donors (Lipinski definition) is 0. The smallest absolute Gasteiger partial charge is 0.309 e. The van der Waals surface area contributed by atoms with Crippen LogP contribution >= 0.6 is 0 Å². The average Bonchev–Trinajstić information content (AvgIpc) is 3.08. The van der Waals surface area contributed by atoms with Crippen molar-refractivity contribution in [3.8, 4) is 0 Å². The van der Waals surface area contributed by atoms with Gasteiger partial charge in [-0.05, 0) is 17.9 Å². The SMILES string of the molecule is Cc1cnc(C(=O)N2CC(c3cnn(C)c3)C(C)(C)C2)o1. The molecule has 1 aliphatic rings. The normalized spacial score (nSPS) is 21.0. The molecule has 0 aromatic carbocycles. The van der Waals surface area contributed by atoms with Crippen LogP contribution in [0.5, 0.6) is 0 Å². The summed E-state index contributed by atoms with van der Waals surface area (Å²) in [5.74, 6) is 0.963. The van der Waals surface area contributed by atoms with Gasteiger partial charge in [0.2, 0.25) is 0 Å². The van der Waals surface area contributed by atoms with E-state index in [1.807, 2.05) is 24.3 Å². The van der Waals surface area contributed by atoms with Crippen molar-refractivity contribution in [2.75, 3.05) is 13.1 Å². The predicted octanol–water partition coefficient (Wildman–Crippen LogP) is 1.98. The summed E-state index contributed by atoms with van der Waals surface area (Å²) in [6.07, 6.45) is 5.48. The number of carbonyl (C=O) groups is 1. The molecule has 6 nitrogen and oxygen atoms in total. The van der Waals surface area contributed by atoms with E-state index in [4.69, 9.17) is 4.42 Å². The maximum atomic E-state index is 12.5. The van der Waals surface area contributed by atoms with Crippen molar-refractivity contribution in [1.29, 1.82) is 0 Å². The van der Waals surface area contributed by atoms with Gasteiger partial charge < -0.3 is 9.32 Å². The molecule has 0 bridgehead atoms. The Bertz CT molecular complexity index is 671. The first-order valence-corrected chi connectivity index (χ1v) is 7.07. The molecule has 0 radical (unpaired) electrons. The van der Waals surface area contributed by atoms with Gasteiger partial charge in [0.25, 0.3) is 5.89 Å². The number of nitrogens with zero attached hydrogens (tertiary/aromatic N) is 4. The van der Waals surface area contributed by atoms with E-state index in [2.05, 4.69) is 23.9 Å². The molecule has 2 aromatic heterocycles. The van der Waals surface area contributed by atoms with E-state index in [1.54, 1.807) is 17.8 Å². The molecular weight excluding hydrogens is 268 g/mol. The van der Waals surface area contributed by atoms with Crippen LogP contribution in [0.15, 0.2) is 23.0 Å². The zero-order chi connectivity index (χ0) is 15.2. The third-order valence-electron chi connectivity index (χ3n) is 4.16. The second kappa shape index (κ2) is 4.72. The monoisotopic (exact) mass is 288 g/mol. The van der Waals surface area contributed by atoms with Gasteiger partial charge in [-0.15, -0.1) is 0 Å². The predicted molar refractivity (Wildman–Crippen MR) is 76.9 cm³/mol. The number of oxazole rings is 1. The summed E-state index contributed by atoms with van der Waals surface area (Å²) in [7, 11) is 1.91. The van der Waals surface area contributed by atoms with Gasteiger partial charge >= 0.3 is 5.91 Å². The second-order valence-corrected chi connectivity index (χ2v) is 6.45. The highest BCUT2D eigenvalue weighted by atomic mass is 16.4. The maximum absolute atomic E-state index is 12.5. The summed E-state index contributed by atoms with van der Waals surface area (Å²) in [5, 5.41) is 4.24. The molecular formula is C15H20N4O2. The summed E-state index contributed by atoms with van der Waals surface area (Å²) < 4.78 is 7.15. The Morgan fingerprint density at radius 1 is 1.43 bits per heavy atom. The Balaban J connectivity index is 1.83. The highest BCUT2D eigenvalue weighted by Gasteiger charge is 2.43. The molecule has 21 heavy (non-hydrogen) atoms. The summed E-state index contributed by atoms with van der Waals surface area (Å²) in [5.41, 5.74) is 1.17. The lowest BCUT2D eigenvalue weighted by atomic mass is 9.79. The molecule has 1 fully saturated rings. The molecule has 0 saturated carbocycles. The Kier molecular flexibility index (Phi) is 3.11. The molecule has 2 aromatic rings. The van der Waals surface area contributed by atoms with Crippen LogP contribution in [-0.2, 0) is 7.05 Å². The Morgan fingerprint density at radius 2 is 2.19 bits per heavy atom. The van der Waals surface area contributed by atoms with Gasteiger partial charge in [-0.3, -0.25) is 9.48 Å². The fraction of sp³-hybridized carbons (Fsp3) is 0.533. The maximum Gasteiger partial charge on any atom is 0.309 e. The van der Waals surface area contributed by atoms with Crippen LogP contribution in [-0.4, -0.2) is 38.7 Å². The molecule has 1 aliphatic heterocycles. The van der Waals surface area contributed by atoms with Crippen molar-refractivity contribution < 1.29 is 9.21 Å². The fourth-order valence-electron chi connectivity index (χ4n) is 3.05. The lowest BCUT2D eigenvalue weighted by Crippen LogP contribution is -2.30. The third kappa shape index (κ3) is 2.46. The Morgan fingerprint density at radius 3 is 2.76 bits per heavy atom. The first kappa shape index (κ1) is 13.9. The molecule has 1 atom stereocenters. The Hall–Kier alpha value is -2.11. The third-order valence-corrected chi connectivity index (χ3v) is 4.16. The van der Waals surface area contributed by atoms with Crippen LogP contribution < -0.4 is 0 Å². The molecule has 0 spiro atoms. The minimum absolute atomic E-state index is 0.000328. The molecule has 3 rings (SSSR count). The largest absolute Gasteiger partial charge is 0.438 e. The average molecular weight is 288 g/mol. The summed E-state index contributed by atoms with van der Waals surface area (Å²) >= 11 is 0. The number of likely N-dealkylation sites (tertiary alicyclic amines) is 1. The van der Waals surface area contributed by atoms with E-state index < -0.39 is 0 Å². The second-order valence-electron chi connectivity index (χ2n) is 6.45. The molecule has 1 amide bonds. The van der Waals surface area contributed by atoms with Gasteiger partial charge in [-0.2, -0.15) is 5.10 Å². The van der Waals surface area contributed by atoms with Crippen LogP contribution in [0.4, 0.5) is 0 Å². The van der Waals surface area contributed by atoms with Gasteiger partial charge in [0, 0.05) is 32.3 Å². The Labute approximate surface area is 123 Å². The first-order chi connectivity index (χ1) is 9.87. The first-order valence-electron chi connectivity index (χ1n) is 7.07. The van der Waals surface area contributed by atoms with Crippen molar-refractivity contribution in [1.82, 2.24) is 19.7 Å². The van der Waals surface area contributed by atoms with E-state index in [-0.39, 0.29) is 23.1 Å². The van der Waals surface area contributed by atoms with Crippen LogP contribution in [0.2, 0.25) is 0 Å². The van der Waals surface area contributed by atoms with E-state index >= 15 is 0 Å². The van der Waals surface area contributed by atoms with Gasteiger partial charge in [-0.1, -0.05) is 13.8 Å². The molecule has 0 aliphatic carbocycles. The number of aryl methyl sites for hydroxylation is 2. The van der Waals surface area contributed by atoms with Gasteiger partial charge in [0.05, 0.1) is 12.4 Å². The molecule has 0 N–H and O–H groups in total. The lowest BCUT2D eigenvalue weighted by molar-refractivity contribution is 0.0737. The quantitative estimate of drug-likeness (QED) is 0.847. The highest BCUT2D eigenvalue weighted by Crippen LogP contribution is 2.42. The van der Waals surface area contributed by atoms with E-state index in [9.17, 15) is 4.79 Å². The van der Waals surface area contributed by atoms with Crippen molar-refractivity contribution in [2.24, 2.45) is 12.5 Å². The van der Waals surface area contributed by atoms with Gasteiger partial charge in [0.1, 0.15) is 5.76 Å². The van der Waals surface area contributed by atoms with Crippen molar-refractivity contribution in [3.05, 3.63) is 35.8 Å². The van der Waals surface area contributed by atoms with Crippen molar-refractivity contribution in [3.63, 3.8) is 0 Å². The summed E-state index contributed by atoms with van der Waals surface area (Å²) in [6, 6.07) is 0. The standard InChI is InChI=1S/C15H20N4O2/c1-10-5-16-13(21-10)14(20)19-8-12(15(2,3)9-19)11-6-17-18(4)7-11/h5-7,12H,8-9H2,1-4H3. The zero-order valence-electron chi connectivity index (χ0n) is 12.8. The summed E-state index contributed by atoms with van der Waals surface area (Å²) in [4.78, 5) is 18.3. The molecule has 1 unspecified atom stereocenters. The molecule has 1 saturated heterocycles. The number of amides is 1. The van der Waals surface area contributed by atoms with Gasteiger partial charge in [-0.25, -0.2) is 4.98 Å². The topological polar surface area (TPSA) is 64.2 Å². The summed E-state index contributed by atoms with van der Waals surface area (Å²) in [6.45, 7) is 7.50. The van der Waals surface area contributed by atoms with Crippen LogP contribution in [0.25, 0.3) is 0 Å². The van der Waals surface area contributed by atoms with Gasteiger partial charge in [0.15, 0.2) is 0 Å². The number of rotatable bonds is 2. The van der Waals surface area contributed by atoms with Crippen LogP contribution in [0, 0.1) is 12.3 Å². The molecule has 6 heteroatoms. The molecule has 112 valence electrons. The van der Waals surface area contributed by atoms with E-state index in [0.717, 1.165) is 0 Å². The minimum atomic E-state index is -0.137. The fourth-order valence-corrected chi connectivity index (χ4v) is 3.05. The van der Waals surface area contributed by atoms with Crippen molar-refractivity contribution >= 4 is 5.91 Å². The van der Waals surface area contributed by atoms with Crippen LogP contribution in [0.1, 0.15) is 41.8 Å². The highest BCUT2D eigenvalue weighted by molar-refractivity contribution is 5.90.